The van der Waals surface area contributed by atoms with E-state index in [9.17, 15) is 18.0 Å². The Hall–Kier alpha value is -3.72. The van der Waals surface area contributed by atoms with Crippen LogP contribution in [0.5, 0.6) is 17.2 Å². The maximum absolute atomic E-state index is 13.9. The molecule has 0 aliphatic heterocycles. The van der Waals surface area contributed by atoms with Gasteiger partial charge in [-0.1, -0.05) is 30.3 Å². The van der Waals surface area contributed by atoms with Crippen LogP contribution in [0.4, 0.5) is 13.2 Å². The molecule has 6 nitrogen and oxygen atoms in total. The van der Waals surface area contributed by atoms with Crippen molar-refractivity contribution in [3.8, 4) is 17.2 Å². The van der Waals surface area contributed by atoms with Crippen LogP contribution in [0.2, 0.25) is 0 Å². The number of carbonyl (C=O) groups is 1. The first-order valence-electron chi connectivity index (χ1n) is 10.4. The van der Waals surface area contributed by atoms with Crippen LogP contribution >= 0.6 is 0 Å². The fourth-order valence-corrected chi connectivity index (χ4v) is 3.43. The summed E-state index contributed by atoms with van der Waals surface area (Å²) in [5.74, 6) is -2.67. The Bertz CT molecular complexity index is 1090. The maximum Gasteiger partial charge on any atom is 0.234 e. The third-order valence-corrected chi connectivity index (χ3v) is 5.22. The van der Waals surface area contributed by atoms with Gasteiger partial charge in [0.2, 0.25) is 5.91 Å². The monoisotopic (exact) mass is 474 g/mol. The third kappa shape index (κ3) is 6.20. The summed E-state index contributed by atoms with van der Waals surface area (Å²) in [5.41, 5.74) is 6.71. The first-order valence-corrected chi connectivity index (χ1v) is 10.4. The van der Waals surface area contributed by atoms with E-state index in [-0.39, 0.29) is 12.3 Å². The van der Waals surface area contributed by atoms with Crippen LogP contribution in [-0.4, -0.2) is 26.2 Å². The summed E-state index contributed by atoms with van der Waals surface area (Å²) in [6.45, 7) is -0.281. The molecule has 0 aliphatic rings. The van der Waals surface area contributed by atoms with Crippen molar-refractivity contribution in [3.63, 3.8) is 0 Å². The second-order valence-corrected chi connectivity index (χ2v) is 7.47. The Balaban J connectivity index is 1.77. The Kier molecular flexibility index (Phi) is 8.37. The number of nitrogens with two attached hydrogens (primary N) is 1. The molecule has 0 bridgehead atoms. The second-order valence-electron chi connectivity index (χ2n) is 7.47. The average molecular weight is 474 g/mol. The molecule has 1 unspecified atom stereocenters. The van der Waals surface area contributed by atoms with Crippen molar-refractivity contribution >= 4 is 5.91 Å². The minimum absolute atomic E-state index is 0.189. The summed E-state index contributed by atoms with van der Waals surface area (Å²) in [6, 6.07) is 13.0. The van der Waals surface area contributed by atoms with Crippen LogP contribution in [-0.2, 0) is 24.4 Å². The first kappa shape index (κ1) is 24.9. The van der Waals surface area contributed by atoms with Gasteiger partial charge in [0.15, 0.2) is 0 Å². The number of amides is 1. The molecule has 0 radical (unpaired) electrons. The average Bonchev–Trinajstić information content (AvgIpc) is 2.81. The van der Waals surface area contributed by atoms with Gasteiger partial charge in [0, 0.05) is 30.8 Å². The standard InChI is InChI=1S/C25H25F3N2O4/c1-32-23-11-17(34-14-19-20(27)9-16(26)10-21(19)28)12-24(33-2)18(23)13-30-22(25(29)31)8-15-6-4-3-5-7-15/h3-7,9-12,22,30H,8,13-14H2,1-2H3,(H2,29,31). The van der Waals surface area contributed by atoms with E-state index in [1.165, 1.54) is 26.4 Å². The minimum atomic E-state index is -1.05. The zero-order valence-corrected chi connectivity index (χ0v) is 18.7. The second kappa shape index (κ2) is 11.4. The van der Waals surface area contributed by atoms with Gasteiger partial charge in [-0.15, -0.1) is 0 Å². The molecule has 34 heavy (non-hydrogen) atoms. The lowest BCUT2D eigenvalue weighted by Crippen LogP contribution is -2.42. The Labute approximate surface area is 195 Å². The van der Waals surface area contributed by atoms with Gasteiger partial charge in [-0.2, -0.15) is 0 Å². The Morgan fingerprint density at radius 2 is 1.53 bits per heavy atom. The van der Waals surface area contributed by atoms with Gasteiger partial charge in [0.05, 0.1) is 31.4 Å². The van der Waals surface area contributed by atoms with Gasteiger partial charge in [0.1, 0.15) is 41.3 Å². The molecule has 3 rings (SSSR count). The number of hydrogen-bond acceptors (Lipinski definition) is 5. The number of primary amides is 1. The molecule has 1 atom stereocenters. The van der Waals surface area contributed by atoms with Crippen molar-refractivity contribution in [3.05, 3.63) is 88.7 Å². The van der Waals surface area contributed by atoms with Crippen molar-refractivity contribution in [2.75, 3.05) is 14.2 Å². The van der Waals surface area contributed by atoms with Gasteiger partial charge in [-0.3, -0.25) is 4.79 Å². The number of benzene rings is 3. The molecule has 1 amide bonds. The number of halogens is 3. The number of carbonyl (C=O) groups excluding carboxylic acids is 1. The van der Waals surface area contributed by atoms with Gasteiger partial charge in [-0.05, 0) is 12.0 Å². The maximum atomic E-state index is 13.9. The highest BCUT2D eigenvalue weighted by molar-refractivity contribution is 5.80. The van der Waals surface area contributed by atoms with Crippen LogP contribution in [0.3, 0.4) is 0 Å². The molecule has 0 saturated carbocycles. The highest BCUT2D eigenvalue weighted by Gasteiger charge is 2.20. The van der Waals surface area contributed by atoms with E-state index in [4.69, 9.17) is 19.9 Å². The van der Waals surface area contributed by atoms with Crippen molar-refractivity contribution in [2.24, 2.45) is 5.73 Å². The molecule has 3 aromatic rings. The molecule has 0 aliphatic carbocycles. The zero-order chi connectivity index (χ0) is 24.7. The van der Waals surface area contributed by atoms with Crippen LogP contribution < -0.4 is 25.3 Å². The van der Waals surface area contributed by atoms with E-state index in [1.54, 1.807) is 0 Å². The fraction of sp³-hybridized carbons (Fsp3) is 0.240. The number of hydrogen-bond donors (Lipinski definition) is 2. The predicted molar refractivity (Wildman–Crippen MR) is 120 cm³/mol. The van der Waals surface area contributed by atoms with Gasteiger partial charge in [0.25, 0.3) is 0 Å². The van der Waals surface area contributed by atoms with Crippen molar-refractivity contribution < 1.29 is 32.2 Å². The number of methoxy groups -OCH3 is 2. The summed E-state index contributed by atoms with van der Waals surface area (Å²) < 4.78 is 57.3. The molecule has 0 saturated heterocycles. The highest BCUT2D eigenvalue weighted by Crippen LogP contribution is 2.34. The minimum Gasteiger partial charge on any atom is -0.496 e. The number of nitrogens with one attached hydrogen (secondary N) is 1. The van der Waals surface area contributed by atoms with Crippen LogP contribution in [0, 0.1) is 17.5 Å². The summed E-state index contributed by atoms with van der Waals surface area (Å²) in [4.78, 5) is 12.0. The topological polar surface area (TPSA) is 82.8 Å². The van der Waals surface area contributed by atoms with Gasteiger partial charge in [-0.25, -0.2) is 13.2 Å². The van der Waals surface area contributed by atoms with Crippen molar-refractivity contribution in [2.45, 2.75) is 25.6 Å². The molecule has 0 aromatic heterocycles. The highest BCUT2D eigenvalue weighted by atomic mass is 19.1. The molecule has 0 spiro atoms. The van der Waals surface area contributed by atoms with Crippen LogP contribution in [0.1, 0.15) is 16.7 Å². The molecule has 0 fully saturated rings. The molecule has 3 N–H and O–H groups in total. The van der Waals surface area contributed by atoms with Gasteiger partial charge < -0.3 is 25.3 Å². The van der Waals surface area contributed by atoms with E-state index in [1.807, 2.05) is 30.3 Å². The fourth-order valence-electron chi connectivity index (χ4n) is 3.43. The summed E-state index contributed by atoms with van der Waals surface area (Å²) in [5, 5.41) is 3.12. The van der Waals surface area contributed by atoms with Crippen molar-refractivity contribution in [1.29, 1.82) is 0 Å². The number of rotatable bonds is 11. The quantitative estimate of drug-likeness (QED) is 0.441. The molecule has 0 heterocycles. The van der Waals surface area contributed by atoms with E-state index >= 15 is 0 Å². The lowest BCUT2D eigenvalue weighted by atomic mass is 10.0. The first-order chi connectivity index (χ1) is 16.3. The van der Waals surface area contributed by atoms with Crippen molar-refractivity contribution in [1.82, 2.24) is 5.32 Å². The van der Waals surface area contributed by atoms with E-state index in [0.29, 0.717) is 35.6 Å². The lowest BCUT2D eigenvalue weighted by molar-refractivity contribution is -0.120. The third-order valence-electron chi connectivity index (χ3n) is 5.22. The SMILES string of the molecule is COc1cc(OCc2c(F)cc(F)cc2F)cc(OC)c1CNC(Cc1ccccc1)C(N)=O. The van der Waals surface area contributed by atoms with Gasteiger partial charge >= 0.3 is 0 Å². The van der Waals surface area contributed by atoms with Crippen LogP contribution in [0.25, 0.3) is 0 Å². The van der Waals surface area contributed by atoms with E-state index < -0.39 is 41.6 Å². The summed E-state index contributed by atoms with van der Waals surface area (Å²) in [7, 11) is 2.88. The Morgan fingerprint density at radius 1 is 0.941 bits per heavy atom. The summed E-state index contributed by atoms with van der Waals surface area (Å²) >= 11 is 0. The van der Waals surface area contributed by atoms with Crippen LogP contribution in [0.15, 0.2) is 54.6 Å². The molecular weight excluding hydrogens is 449 g/mol. The molecule has 3 aromatic carbocycles. The van der Waals surface area contributed by atoms with E-state index in [2.05, 4.69) is 5.32 Å². The lowest BCUT2D eigenvalue weighted by Gasteiger charge is -2.20. The summed E-state index contributed by atoms with van der Waals surface area (Å²) in [6.07, 6.45) is 0.400. The normalized spacial score (nSPS) is 11.7. The molecule has 180 valence electrons. The molecular formula is C25H25F3N2O4. The molecule has 9 heteroatoms. The smallest absolute Gasteiger partial charge is 0.234 e. The zero-order valence-electron chi connectivity index (χ0n) is 18.7. The number of ether oxygens (including phenoxy) is 3. The predicted octanol–water partition coefficient (Wildman–Crippen LogP) is 3.89. The Morgan fingerprint density at radius 3 is 2.06 bits per heavy atom. The van der Waals surface area contributed by atoms with E-state index in [0.717, 1.165) is 5.56 Å². The largest absolute Gasteiger partial charge is 0.496 e.